The molecule has 0 spiro atoms. The number of nitrogens with one attached hydrogen (secondary N) is 1. The van der Waals surface area contributed by atoms with E-state index in [0.29, 0.717) is 17.2 Å². The van der Waals surface area contributed by atoms with Gasteiger partial charge in [-0.1, -0.05) is 47.5 Å². The molecule has 1 amide bonds. The van der Waals surface area contributed by atoms with Crippen molar-refractivity contribution in [2.75, 3.05) is 0 Å². The van der Waals surface area contributed by atoms with Gasteiger partial charge in [-0.15, -0.1) is 0 Å². The Balaban J connectivity index is 1.55. The number of carbonyl (C=O) groups is 1. The summed E-state index contributed by atoms with van der Waals surface area (Å²) in [5.74, 6) is 0.501. The largest absolute Gasteiger partial charge is 0.489 e. The van der Waals surface area contributed by atoms with E-state index in [9.17, 15) is 4.79 Å². The van der Waals surface area contributed by atoms with E-state index in [-0.39, 0.29) is 5.91 Å². The summed E-state index contributed by atoms with van der Waals surface area (Å²) in [6.45, 7) is 6.41. The molecule has 29 heavy (non-hydrogen) atoms. The second kappa shape index (κ2) is 9.39. The lowest BCUT2D eigenvalue weighted by Crippen LogP contribution is -2.17. The van der Waals surface area contributed by atoms with Crippen LogP contribution in [0.4, 0.5) is 0 Å². The van der Waals surface area contributed by atoms with Gasteiger partial charge in [-0.25, -0.2) is 5.43 Å². The Bertz CT molecular complexity index is 1040. The fourth-order valence-electron chi connectivity index (χ4n) is 2.82. The number of benzene rings is 3. The van der Waals surface area contributed by atoms with Crippen LogP contribution in [0.5, 0.6) is 5.75 Å². The van der Waals surface area contributed by atoms with Gasteiger partial charge in [0.2, 0.25) is 0 Å². The molecule has 0 atom stereocenters. The highest BCUT2D eigenvalue weighted by Crippen LogP contribution is 2.22. The number of amides is 1. The van der Waals surface area contributed by atoms with E-state index in [4.69, 9.17) is 16.3 Å². The van der Waals surface area contributed by atoms with Gasteiger partial charge in [0.05, 0.1) is 6.21 Å². The van der Waals surface area contributed by atoms with Gasteiger partial charge < -0.3 is 4.74 Å². The molecule has 3 aromatic carbocycles. The van der Waals surface area contributed by atoms with E-state index in [0.717, 1.165) is 28.0 Å². The number of aryl methyl sites for hydroxylation is 3. The summed E-state index contributed by atoms with van der Waals surface area (Å²) in [7, 11) is 0. The molecule has 0 aliphatic carbocycles. The Morgan fingerprint density at radius 2 is 1.76 bits per heavy atom. The Labute approximate surface area is 176 Å². The quantitative estimate of drug-likeness (QED) is 0.427. The van der Waals surface area contributed by atoms with Gasteiger partial charge in [0, 0.05) is 10.6 Å². The summed E-state index contributed by atoms with van der Waals surface area (Å²) in [5, 5.41) is 4.78. The highest BCUT2D eigenvalue weighted by molar-refractivity contribution is 6.31. The molecule has 1 N–H and O–H groups in total. The lowest BCUT2D eigenvalue weighted by atomic mass is 10.1. The zero-order valence-corrected chi connectivity index (χ0v) is 17.5. The van der Waals surface area contributed by atoms with Gasteiger partial charge in [0.1, 0.15) is 12.4 Å². The number of rotatable bonds is 6. The Morgan fingerprint density at radius 1 is 1.00 bits per heavy atom. The smallest absolute Gasteiger partial charge is 0.271 e. The van der Waals surface area contributed by atoms with Crippen molar-refractivity contribution in [3.63, 3.8) is 0 Å². The average molecular weight is 407 g/mol. The highest BCUT2D eigenvalue weighted by Gasteiger charge is 2.05. The van der Waals surface area contributed by atoms with Crippen LogP contribution in [-0.4, -0.2) is 12.1 Å². The lowest BCUT2D eigenvalue weighted by molar-refractivity contribution is 0.0955. The molecule has 0 radical (unpaired) electrons. The van der Waals surface area contributed by atoms with E-state index < -0.39 is 0 Å². The second-order valence-corrected chi connectivity index (χ2v) is 7.36. The number of hydrogen-bond acceptors (Lipinski definition) is 3. The van der Waals surface area contributed by atoms with Crippen LogP contribution in [0, 0.1) is 20.8 Å². The molecule has 0 bridgehead atoms. The predicted molar refractivity (Wildman–Crippen MR) is 118 cm³/mol. The molecule has 3 rings (SSSR count). The van der Waals surface area contributed by atoms with Crippen LogP contribution in [0.3, 0.4) is 0 Å². The first-order valence-electron chi connectivity index (χ1n) is 9.31. The summed E-state index contributed by atoms with van der Waals surface area (Å²) < 4.78 is 5.78. The van der Waals surface area contributed by atoms with E-state index in [2.05, 4.69) is 16.6 Å². The zero-order chi connectivity index (χ0) is 20.8. The molecule has 3 aromatic rings. The molecule has 0 aliphatic rings. The van der Waals surface area contributed by atoms with E-state index >= 15 is 0 Å². The minimum atomic E-state index is -0.258. The molecule has 4 nitrogen and oxygen atoms in total. The highest BCUT2D eigenvalue weighted by atomic mass is 35.5. The molecular formula is C24H23ClN2O2. The second-order valence-electron chi connectivity index (χ2n) is 6.96. The van der Waals surface area contributed by atoms with Crippen LogP contribution in [-0.2, 0) is 6.61 Å². The van der Waals surface area contributed by atoms with Crippen LogP contribution >= 0.6 is 11.6 Å². The van der Waals surface area contributed by atoms with Crippen LogP contribution < -0.4 is 10.2 Å². The predicted octanol–water partition coefficient (Wildman–Crippen LogP) is 5.61. The number of nitrogens with zero attached hydrogens (tertiary/aromatic N) is 1. The topological polar surface area (TPSA) is 50.7 Å². The van der Waals surface area contributed by atoms with Crippen molar-refractivity contribution in [1.82, 2.24) is 5.43 Å². The Morgan fingerprint density at radius 3 is 2.45 bits per heavy atom. The van der Waals surface area contributed by atoms with Crippen LogP contribution in [0.15, 0.2) is 65.8 Å². The average Bonchev–Trinajstić information content (AvgIpc) is 2.71. The van der Waals surface area contributed by atoms with Crippen molar-refractivity contribution < 1.29 is 9.53 Å². The first-order chi connectivity index (χ1) is 13.9. The Hall–Kier alpha value is -3.11. The van der Waals surface area contributed by atoms with Crippen molar-refractivity contribution in [3.05, 3.63) is 99.1 Å². The zero-order valence-electron chi connectivity index (χ0n) is 16.7. The number of ether oxygens (including phenoxy) is 1. The van der Waals surface area contributed by atoms with Crippen LogP contribution in [0.25, 0.3) is 0 Å². The fourth-order valence-corrected chi connectivity index (χ4v) is 2.94. The lowest BCUT2D eigenvalue weighted by Gasteiger charge is -2.08. The van der Waals surface area contributed by atoms with Gasteiger partial charge in [0.25, 0.3) is 5.91 Å². The monoisotopic (exact) mass is 406 g/mol. The summed E-state index contributed by atoms with van der Waals surface area (Å²) in [4.78, 5) is 12.3. The van der Waals surface area contributed by atoms with Gasteiger partial charge in [0.15, 0.2) is 0 Å². The Kier molecular flexibility index (Phi) is 6.68. The maximum Gasteiger partial charge on any atom is 0.271 e. The van der Waals surface area contributed by atoms with Crippen molar-refractivity contribution >= 4 is 23.7 Å². The molecule has 0 heterocycles. The van der Waals surface area contributed by atoms with Crippen molar-refractivity contribution in [1.29, 1.82) is 0 Å². The van der Waals surface area contributed by atoms with E-state index in [1.54, 1.807) is 18.3 Å². The minimum absolute atomic E-state index is 0.258. The molecule has 0 saturated heterocycles. The molecule has 0 saturated carbocycles. The first kappa shape index (κ1) is 20.6. The SMILES string of the molecule is Cc1ccc(/C=N\NC(=O)c2ccc(COc3ccc(Cl)c(C)c3)cc2)c(C)c1. The van der Waals surface area contributed by atoms with Gasteiger partial charge in [-0.05, 0) is 73.4 Å². The van der Waals surface area contributed by atoms with Gasteiger partial charge >= 0.3 is 0 Å². The number of hydrogen-bond donors (Lipinski definition) is 1. The number of hydrazone groups is 1. The van der Waals surface area contributed by atoms with Crippen molar-refractivity contribution in [3.8, 4) is 5.75 Å². The van der Waals surface area contributed by atoms with Gasteiger partial charge in [-0.2, -0.15) is 5.10 Å². The van der Waals surface area contributed by atoms with Crippen LogP contribution in [0.1, 0.15) is 38.2 Å². The van der Waals surface area contributed by atoms with E-state index in [1.807, 2.05) is 63.2 Å². The molecule has 148 valence electrons. The fraction of sp³-hybridized carbons (Fsp3) is 0.167. The normalized spacial score (nSPS) is 10.9. The van der Waals surface area contributed by atoms with E-state index in [1.165, 1.54) is 5.56 Å². The molecule has 0 aromatic heterocycles. The number of carbonyl (C=O) groups excluding carboxylic acids is 1. The third-order valence-corrected chi connectivity index (χ3v) is 4.97. The molecule has 0 aliphatic heterocycles. The van der Waals surface area contributed by atoms with Crippen molar-refractivity contribution in [2.24, 2.45) is 5.10 Å². The van der Waals surface area contributed by atoms with Gasteiger partial charge in [-0.3, -0.25) is 4.79 Å². The molecule has 0 unspecified atom stereocenters. The third-order valence-electron chi connectivity index (χ3n) is 4.55. The molecule has 5 heteroatoms. The summed E-state index contributed by atoms with van der Waals surface area (Å²) in [6, 6.07) is 18.9. The molecular weight excluding hydrogens is 384 g/mol. The minimum Gasteiger partial charge on any atom is -0.489 e. The summed E-state index contributed by atoms with van der Waals surface area (Å²) in [5.41, 5.74) is 8.32. The maximum atomic E-state index is 12.3. The summed E-state index contributed by atoms with van der Waals surface area (Å²) in [6.07, 6.45) is 1.66. The standard InChI is InChI=1S/C24H23ClN2O2/c1-16-4-7-21(17(2)12-16)14-26-27-24(28)20-8-5-19(6-9-20)15-29-22-10-11-23(25)18(3)13-22/h4-14H,15H2,1-3H3,(H,27,28)/b26-14-. The summed E-state index contributed by atoms with van der Waals surface area (Å²) >= 11 is 6.03. The first-order valence-corrected chi connectivity index (χ1v) is 9.69. The van der Waals surface area contributed by atoms with Crippen molar-refractivity contribution in [2.45, 2.75) is 27.4 Å². The third kappa shape index (κ3) is 5.69. The maximum absolute atomic E-state index is 12.3. The molecule has 0 fully saturated rings. The van der Waals surface area contributed by atoms with Crippen LogP contribution in [0.2, 0.25) is 5.02 Å². The number of halogens is 1.